The van der Waals surface area contributed by atoms with Crippen LogP contribution in [-0.2, 0) is 0 Å². The smallest absolute Gasteiger partial charge is 0.291 e. The summed E-state index contributed by atoms with van der Waals surface area (Å²) in [6.07, 6.45) is 1.49. The first kappa shape index (κ1) is 21.2. The number of aromatic nitrogens is 1. The molecule has 1 unspecified atom stereocenters. The number of anilines is 2. The molecule has 0 aliphatic rings. The number of hydrogen-bond acceptors (Lipinski definition) is 5. The molecule has 0 radical (unpaired) electrons. The largest absolute Gasteiger partial charge is 0.459 e. The fraction of sp³-hybridized carbons (Fsp3) is 0.167. The molecule has 5 nitrogen and oxygen atoms in total. The highest BCUT2D eigenvalue weighted by Crippen LogP contribution is 2.41. The van der Waals surface area contributed by atoms with Crippen LogP contribution in [0.2, 0.25) is 5.02 Å². The number of aryl methyl sites for hydroxylation is 2. The number of hydrogen-bond donors (Lipinski definition) is 2. The number of carbonyl (C=O) groups is 1. The summed E-state index contributed by atoms with van der Waals surface area (Å²) in [5, 5.41) is 7.98. The standard InChI is InChI=1S/C24H22ClN3O2S/c1-14-7-4-11-20(26-14)27-22(17-8-5-9-18(25)13-17)21-15(2)16(3)31-24(21)28-23(29)19-10-6-12-30-19/h4-13,22H,1-3H3,(H,26,27)(H,28,29). The highest BCUT2D eigenvalue weighted by molar-refractivity contribution is 7.16. The van der Waals surface area contributed by atoms with E-state index in [0.29, 0.717) is 5.02 Å². The van der Waals surface area contributed by atoms with Crippen molar-refractivity contribution in [2.45, 2.75) is 26.8 Å². The first-order chi connectivity index (χ1) is 14.9. The molecule has 1 amide bonds. The summed E-state index contributed by atoms with van der Waals surface area (Å²) >= 11 is 7.86. The van der Waals surface area contributed by atoms with E-state index in [-0.39, 0.29) is 17.7 Å². The number of halogens is 1. The monoisotopic (exact) mass is 451 g/mol. The molecule has 3 aromatic heterocycles. The van der Waals surface area contributed by atoms with Crippen molar-refractivity contribution < 1.29 is 9.21 Å². The molecular formula is C24H22ClN3O2S. The average molecular weight is 452 g/mol. The van der Waals surface area contributed by atoms with E-state index >= 15 is 0 Å². The summed E-state index contributed by atoms with van der Waals surface area (Å²) in [5.74, 6) is 0.727. The van der Waals surface area contributed by atoms with Gasteiger partial charge in [-0.25, -0.2) is 4.98 Å². The van der Waals surface area contributed by atoms with E-state index in [1.165, 1.54) is 6.26 Å². The maximum atomic E-state index is 12.7. The lowest BCUT2D eigenvalue weighted by molar-refractivity contribution is 0.0997. The number of nitrogens with one attached hydrogen (secondary N) is 2. The minimum absolute atomic E-state index is 0.259. The molecule has 4 rings (SSSR count). The van der Waals surface area contributed by atoms with Crippen molar-refractivity contribution in [2.75, 3.05) is 10.6 Å². The first-order valence-electron chi connectivity index (χ1n) is 9.83. The third kappa shape index (κ3) is 4.65. The van der Waals surface area contributed by atoms with Crippen molar-refractivity contribution in [1.82, 2.24) is 4.98 Å². The van der Waals surface area contributed by atoms with Gasteiger partial charge in [0.05, 0.1) is 12.3 Å². The van der Waals surface area contributed by atoms with Crippen LogP contribution in [0.15, 0.2) is 65.3 Å². The quantitative estimate of drug-likeness (QED) is 0.339. The van der Waals surface area contributed by atoms with Gasteiger partial charge in [-0.05, 0) is 68.3 Å². The molecule has 0 aliphatic heterocycles. The van der Waals surface area contributed by atoms with Gasteiger partial charge in [-0.1, -0.05) is 29.8 Å². The van der Waals surface area contributed by atoms with Crippen molar-refractivity contribution in [3.8, 4) is 0 Å². The van der Waals surface area contributed by atoms with Crippen LogP contribution >= 0.6 is 22.9 Å². The Bertz CT molecular complexity index is 1220. The zero-order chi connectivity index (χ0) is 22.0. The Morgan fingerprint density at radius 2 is 1.90 bits per heavy atom. The van der Waals surface area contributed by atoms with Gasteiger partial charge >= 0.3 is 0 Å². The third-order valence-corrected chi connectivity index (χ3v) is 6.43. The predicted octanol–water partition coefficient (Wildman–Crippen LogP) is 6.77. The maximum absolute atomic E-state index is 12.7. The number of pyridine rings is 1. The second-order valence-electron chi connectivity index (χ2n) is 7.25. The fourth-order valence-corrected chi connectivity index (χ4v) is 4.73. The van der Waals surface area contributed by atoms with Crippen molar-refractivity contribution in [1.29, 1.82) is 0 Å². The summed E-state index contributed by atoms with van der Waals surface area (Å²) in [6.45, 7) is 6.06. The van der Waals surface area contributed by atoms with Crippen LogP contribution in [0.25, 0.3) is 0 Å². The lowest BCUT2D eigenvalue weighted by Gasteiger charge is -2.22. The van der Waals surface area contributed by atoms with Crippen molar-refractivity contribution in [2.24, 2.45) is 0 Å². The van der Waals surface area contributed by atoms with Crippen LogP contribution in [-0.4, -0.2) is 10.9 Å². The van der Waals surface area contributed by atoms with Gasteiger partial charge in [0.25, 0.3) is 5.91 Å². The van der Waals surface area contributed by atoms with E-state index in [0.717, 1.165) is 38.1 Å². The highest BCUT2D eigenvalue weighted by atomic mass is 35.5. The zero-order valence-electron chi connectivity index (χ0n) is 17.4. The number of benzene rings is 1. The van der Waals surface area contributed by atoms with E-state index in [9.17, 15) is 4.79 Å². The highest BCUT2D eigenvalue weighted by Gasteiger charge is 2.26. The molecule has 31 heavy (non-hydrogen) atoms. The lowest BCUT2D eigenvalue weighted by atomic mass is 9.96. The SMILES string of the molecule is Cc1cccc(NC(c2cccc(Cl)c2)c2c(NC(=O)c3ccco3)sc(C)c2C)n1. The van der Waals surface area contributed by atoms with Crippen LogP contribution in [0.1, 0.15) is 43.9 Å². The van der Waals surface area contributed by atoms with E-state index in [1.54, 1.807) is 23.5 Å². The lowest BCUT2D eigenvalue weighted by Crippen LogP contribution is -2.18. The molecule has 0 aliphatic carbocycles. The van der Waals surface area contributed by atoms with Crippen molar-refractivity contribution in [3.63, 3.8) is 0 Å². The maximum Gasteiger partial charge on any atom is 0.291 e. The van der Waals surface area contributed by atoms with E-state index in [2.05, 4.69) is 22.5 Å². The number of nitrogens with zero attached hydrogens (tertiary/aromatic N) is 1. The fourth-order valence-electron chi connectivity index (χ4n) is 3.44. The molecule has 3 heterocycles. The summed E-state index contributed by atoms with van der Waals surface area (Å²) in [4.78, 5) is 18.4. The van der Waals surface area contributed by atoms with Gasteiger partial charge in [-0.2, -0.15) is 0 Å². The Morgan fingerprint density at radius 1 is 1.10 bits per heavy atom. The van der Waals surface area contributed by atoms with Crippen molar-refractivity contribution in [3.05, 3.63) is 98.9 Å². The molecule has 0 saturated heterocycles. The number of thiophene rings is 1. The zero-order valence-corrected chi connectivity index (χ0v) is 19.0. The average Bonchev–Trinajstić information content (AvgIpc) is 3.36. The molecule has 4 aromatic rings. The number of amides is 1. The summed E-state index contributed by atoms with van der Waals surface area (Å²) in [6, 6.07) is 16.6. The molecule has 1 aromatic carbocycles. The second-order valence-corrected chi connectivity index (χ2v) is 8.92. The minimum atomic E-state index is -0.286. The van der Waals surface area contributed by atoms with Gasteiger partial charge in [0.15, 0.2) is 5.76 Å². The Hall–Kier alpha value is -3.09. The Morgan fingerprint density at radius 3 is 2.61 bits per heavy atom. The molecule has 158 valence electrons. The molecule has 1 atom stereocenters. The molecule has 0 spiro atoms. The molecule has 2 N–H and O–H groups in total. The predicted molar refractivity (Wildman–Crippen MR) is 126 cm³/mol. The van der Waals surface area contributed by atoms with Gasteiger partial charge in [0.1, 0.15) is 10.8 Å². The molecule has 0 saturated carbocycles. The van der Waals surface area contributed by atoms with Crippen LogP contribution in [0.5, 0.6) is 0 Å². The number of rotatable bonds is 6. The number of furan rings is 1. The molecule has 0 fully saturated rings. The van der Waals surface area contributed by atoms with E-state index in [4.69, 9.17) is 16.0 Å². The summed E-state index contributed by atoms with van der Waals surface area (Å²) in [7, 11) is 0. The van der Waals surface area contributed by atoms with Gasteiger partial charge in [-0.3, -0.25) is 4.79 Å². The Balaban J connectivity index is 1.79. The van der Waals surface area contributed by atoms with E-state index in [1.807, 2.05) is 56.3 Å². The van der Waals surface area contributed by atoms with Crippen LogP contribution in [0.4, 0.5) is 10.8 Å². The van der Waals surface area contributed by atoms with Crippen LogP contribution < -0.4 is 10.6 Å². The Labute approximate surface area is 190 Å². The Kier molecular flexibility index (Phi) is 6.11. The molecule has 7 heteroatoms. The normalized spacial score (nSPS) is 11.9. The van der Waals surface area contributed by atoms with Gasteiger partial charge in [0.2, 0.25) is 0 Å². The van der Waals surface area contributed by atoms with Gasteiger partial charge in [0, 0.05) is 21.2 Å². The van der Waals surface area contributed by atoms with Crippen molar-refractivity contribution >= 4 is 39.7 Å². The summed E-state index contributed by atoms with van der Waals surface area (Å²) < 4.78 is 5.26. The van der Waals surface area contributed by atoms with Gasteiger partial charge in [-0.15, -0.1) is 11.3 Å². The van der Waals surface area contributed by atoms with Crippen LogP contribution in [0.3, 0.4) is 0 Å². The minimum Gasteiger partial charge on any atom is -0.459 e. The molecular weight excluding hydrogens is 430 g/mol. The van der Waals surface area contributed by atoms with Gasteiger partial charge < -0.3 is 15.1 Å². The van der Waals surface area contributed by atoms with Crippen LogP contribution in [0, 0.1) is 20.8 Å². The summed E-state index contributed by atoms with van der Waals surface area (Å²) in [5.41, 5.74) is 3.97. The molecule has 0 bridgehead atoms. The second kappa shape index (κ2) is 8.96. The van der Waals surface area contributed by atoms with E-state index < -0.39 is 0 Å². The third-order valence-electron chi connectivity index (χ3n) is 5.06. The topological polar surface area (TPSA) is 67.2 Å². The number of carbonyl (C=O) groups excluding carboxylic acids is 1. The first-order valence-corrected chi connectivity index (χ1v) is 11.0.